The van der Waals surface area contributed by atoms with Crippen molar-refractivity contribution in [3.05, 3.63) is 28.2 Å². The number of rotatable bonds is 4. The van der Waals surface area contributed by atoms with Crippen LogP contribution in [0.2, 0.25) is 10.0 Å². The van der Waals surface area contributed by atoms with E-state index in [1.165, 1.54) is 0 Å². The molecule has 0 spiro atoms. The summed E-state index contributed by atoms with van der Waals surface area (Å²) in [5.74, 6) is -1.11. The number of piperidine rings is 1. The molecule has 2 saturated heterocycles. The van der Waals surface area contributed by atoms with Crippen molar-refractivity contribution in [3.8, 4) is 0 Å². The van der Waals surface area contributed by atoms with Crippen LogP contribution in [0.15, 0.2) is 18.2 Å². The van der Waals surface area contributed by atoms with Crippen LogP contribution in [0, 0.1) is 5.92 Å². The van der Waals surface area contributed by atoms with E-state index in [4.69, 9.17) is 27.9 Å². The molecule has 0 saturated carbocycles. The molecule has 0 N–H and O–H groups in total. The Morgan fingerprint density at radius 3 is 2.58 bits per heavy atom. The molecule has 6 nitrogen and oxygen atoms in total. The number of likely N-dealkylation sites (tertiary alicyclic amines) is 1. The molecule has 2 heterocycles. The zero-order chi connectivity index (χ0) is 18.8. The molecule has 2 amide bonds. The Balaban J connectivity index is 1.77. The molecule has 1 aromatic rings. The first kappa shape index (κ1) is 19.1. The Morgan fingerprint density at radius 1 is 1.23 bits per heavy atom. The lowest BCUT2D eigenvalue weighted by atomic mass is 9.96. The number of hydrogen-bond acceptors (Lipinski definition) is 5. The summed E-state index contributed by atoms with van der Waals surface area (Å²) < 4.78 is 5.10. The quantitative estimate of drug-likeness (QED) is 0.576. The zero-order valence-electron chi connectivity index (χ0n) is 14.4. The second-order valence-electron chi connectivity index (χ2n) is 6.50. The van der Waals surface area contributed by atoms with Crippen LogP contribution < -0.4 is 4.90 Å². The van der Waals surface area contributed by atoms with Gasteiger partial charge in [-0.2, -0.15) is 0 Å². The SMILES string of the molecule is CCOC(=O)[C@H]1CCCN([C@@H]2CC(=O)N(c3cc(Cl)cc(Cl)c3)C2=O)C1. The molecule has 0 unspecified atom stereocenters. The van der Waals surface area contributed by atoms with Crippen molar-refractivity contribution in [1.29, 1.82) is 0 Å². The third-order valence-electron chi connectivity index (χ3n) is 4.74. The van der Waals surface area contributed by atoms with Gasteiger partial charge in [0.25, 0.3) is 5.91 Å². The van der Waals surface area contributed by atoms with Crippen molar-refractivity contribution >= 4 is 46.7 Å². The molecule has 2 aliphatic heterocycles. The molecular weight excluding hydrogens is 379 g/mol. The molecule has 0 aliphatic carbocycles. The maximum Gasteiger partial charge on any atom is 0.310 e. The summed E-state index contributed by atoms with van der Waals surface area (Å²) >= 11 is 12.0. The van der Waals surface area contributed by atoms with E-state index in [1.54, 1.807) is 25.1 Å². The van der Waals surface area contributed by atoms with Gasteiger partial charge in [0.15, 0.2) is 0 Å². The summed E-state index contributed by atoms with van der Waals surface area (Å²) in [5.41, 5.74) is 0.374. The molecule has 2 atom stereocenters. The Hall–Kier alpha value is -1.63. The summed E-state index contributed by atoms with van der Waals surface area (Å²) in [4.78, 5) is 40.5. The predicted molar refractivity (Wildman–Crippen MR) is 98.3 cm³/mol. The largest absolute Gasteiger partial charge is 0.466 e. The van der Waals surface area contributed by atoms with Crippen molar-refractivity contribution < 1.29 is 19.1 Å². The lowest BCUT2D eigenvalue weighted by Gasteiger charge is -2.34. The third kappa shape index (κ3) is 3.87. The Morgan fingerprint density at radius 2 is 1.92 bits per heavy atom. The normalized spacial score (nSPS) is 24.2. The number of amides is 2. The molecule has 1 aromatic carbocycles. The zero-order valence-corrected chi connectivity index (χ0v) is 15.9. The maximum absolute atomic E-state index is 12.9. The van der Waals surface area contributed by atoms with E-state index in [-0.39, 0.29) is 30.1 Å². The summed E-state index contributed by atoms with van der Waals surface area (Å²) in [5, 5.41) is 0.716. The number of carbonyl (C=O) groups is 3. The average molecular weight is 399 g/mol. The molecular formula is C18H20Cl2N2O4. The van der Waals surface area contributed by atoms with Crippen LogP contribution in [0.25, 0.3) is 0 Å². The van der Waals surface area contributed by atoms with Gasteiger partial charge in [-0.25, -0.2) is 4.90 Å². The second-order valence-corrected chi connectivity index (χ2v) is 7.37. The topological polar surface area (TPSA) is 66.9 Å². The first-order chi connectivity index (χ1) is 12.4. The lowest BCUT2D eigenvalue weighted by molar-refractivity contribution is -0.150. The van der Waals surface area contributed by atoms with E-state index >= 15 is 0 Å². The van der Waals surface area contributed by atoms with E-state index in [0.29, 0.717) is 35.4 Å². The fourth-order valence-corrected chi connectivity index (χ4v) is 4.10. The fourth-order valence-electron chi connectivity index (χ4n) is 3.58. The minimum absolute atomic E-state index is 0.0819. The highest BCUT2D eigenvalue weighted by Gasteiger charge is 2.44. The van der Waals surface area contributed by atoms with Crippen LogP contribution in [-0.4, -0.2) is 48.4 Å². The van der Waals surface area contributed by atoms with E-state index in [9.17, 15) is 14.4 Å². The van der Waals surface area contributed by atoms with Gasteiger partial charge in [0.05, 0.1) is 30.7 Å². The number of esters is 1. The van der Waals surface area contributed by atoms with Gasteiger partial charge in [0.1, 0.15) is 0 Å². The summed E-state index contributed by atoms with van der Waals surface area (Å²) in [6.45, 7) is 3.20. The van der Waals surface area contributed by atoms with E-state index in [2.05, 4.69) is 0 Å². The van der Waals surface area contributed by atoms with Crippen molar-refractivity contribution in [2.24, 2.45) is 5.92 Å². The summed E-state index contributed by atoms with van der Waals surface area (Å²) in [6.07, 6.45) is 1.60. The van der Waals surface area contributed by atoms with E-state index < -0.39 is 6.04 Å². The molecule has 26 heavy (non-hydrogen) atoms. The highest BCUT2D eigenvalue weighted by Crippen LogP contribution is 2.32. The fraction of sp³-hybridized carbons (Fsp3) is 0.500. The number of hydrogen-bond donors (Lipinski definition) is 0. The highest BCUT2D eigenvalue weighted by molar-refractivity contribution is 6.35. The molecule has 0 bridgehead atoms. The number of nitrogens with zero attached hydrogens (tertiary/aromatic N) is 2. The predicted octanol–water partition coefficient (Wildman–Crippen LogP) is 2.90. The number of halogens is 2. The van der Waals surface area contributed by atoms with Crippen LogP contribution >= 0.6 is 23.2 Å². The van der Waals surface area contributed by atoms with Crippen molar-refractivity contribution in [1.82, 2.24) is 4.90 Å². The van der Waals surface area contributed by atoms with E-state index in [1.807, 2.05) is 4.90 Å². The number of anilines is 1. The van der Waals surface area contributed by atoms with Gasteiger partial charge < -0.3 is 4.74 Å². The smallest absolute Gasteiger partial charge is 0.310 e. The summed E-state index contributed by atoms with van der Waals surface area (Å²) in [6, 6.07) is 4.06. The van der Waals surface area contributed by atoms with Crippen LogP contribution in [0.1, 0.15) is 26.2 Å². The van der Waals surface area contributed by atoms with Crippen LogP contribution in [0.3, 0.4) is 0 Å². The Bertz CT molecular complexity index is 720. The minimum atomic E-state index is -0.572. The van der Waals surface area contributed by atoms with Gasteiger partial charge in [-0.3, -0.25) is 19.3 Å². The Labute approximate surface area is 162 Å². The second kappa shape index (κ2) is 7.94. The molecule has 140 valence electrons. The number of carbonyl (C=O) groups excluding carboxylic acids is 3. The molecule has 0 radical (unpaired) electrons. The minimum Gasteiger partial charge on any atom is -0.466 e. The van der Waals surface area contributed by atoms with Crippen LogP contribution in [0.5, 0.6) is 0 Å². The Kier molecular flexibility index (Phi) is 5.85. The van der Waals surface area contributed by atoms with Crippen molar-refractivity contribution in [3.63, 3.8) is 0 Å². The third-order valence-corrected chi connectivity index (χ3v) is 5.18. The van der Waals surface area contributed by atoms with Gasteiger partial charge in [-0.1, -0.05) is 23.2 Å². The highest BCUT2D eigenvalue weighted by atomic mass is 35.5. The summed E-state index contributed by atoms with van der Waals surface area (Å²) in [7, 11) is 0. The first-order valence-corrected chi connectivity index (χ1v) is 9.40. The number of ether oxygens (including phenoxy) is 1. The number of imide groups is 1. The average Bonchev–Trinajstić information content (AvgIpc) is 2.89. The van der Waals surface area contributed by atoms with Gasteiger partial charge in [0, 0.05) is 16.6 Å². The monoisotopic (exact) mass is 398 g/mol. The van der Waals surface area contributed by atoms with Gasteiger partial charge >= 0.3 is 5.97 Å². The number of benzene rings is 1. The molecule has 8 heteroatoms. The van der Waals surface area contributed by atoms with Crippen molar-refractivity contribution in [2.45, 2.75) is 32.2 Å². The molecule has 2 fully saturated rings. The van der Waals surface area contributed by atoms with Crippen LogP contribution in [-0.2, 0) is 19.1 Å². The first-order valence-electron chi connectivity index (χ1n) is 8.64. The maximum atomic E-state index is 12.9. The van der Waals surface area contributed by atoms with Gasteiger partial charge in [0.2, 0.25) is 5.91 Å². The standard InChI is InChI=1S/C18H20Cl2N2O4/c1-2-26-18(25)11-4-3-5-21(10-11)15-9-16(23)22(17(15)24)14-7-12(19)6-13(20)8-14/h6-8,11,15H,2-5,9-10H2,1H3/t11-,15+/m0/s1. The van der Waals surface area contributed by atoms with E-state index in [0.717, 1.165) is 17.7 Å². The lowest BCUT2D eigenvalue weighted by Crippen LogP contribution is -2.48. The van der Waals surface area contributed by atoms with Crippen molar-refractivity contribution in [2.75, 3.05) is 24.6 Å². The molecule has 0 aromatic heterocycles. The van der Waals surface area contributed by atoms with Crippen LogP contribution in [0.4, 0.5) is 5.69 Å². The van der Waals surface area contributed by atoms with Gasteiger partial charge in [-0.05, 0) is 44.5 Å². The molecule has 3 rings (SSSR count). The van der Waals surface area contributed by atoms with Gasteiger partial charge in [-0.15, -0.1) is 0 Å². The molecule has 2 aliphatic rings.